The molecule has 0 fully saturated rings. The van der Waals surface area contributed by atoms with Crippen LogP contribution in [0.5, 0.6) is 0 Å². The molecule has 1 aromatic heterocycles. The first-order valence-corrected chi connectivity index (χ1v) is 5.81. The highest BCUT2D eigenvalue weighted by Crippen LogP contribution is 2.15. The molecular formula is C10H17N3OS. The number of carbonyl (C=O) groups excluding carboxylic acids is 1. The Labute approximate surface area is 94.3 Å². The van der Waals surface area contributed by atoms with Crippen molar-refractivity contribution in [1.29, 1.82) is 0 Å². The van der Waals surface area contributed by atoms with Crippen molar-refractivity contribution in [3.8, 4) is 0 Å². The van der Waals surface area contributed by atoms with Crippen LogP contribution in [-0.2, 0) is 4.79 Å². The zero-order valence-corrected chi connectivity index (χ0v) is 10.2. The first-order valence-electron chi connectivity index (χ1n) is 4.93. The summed E-state index contributed by atoms with van der Waals surface area (Å²) >= 11 is 1.63. The van der Waals surface area contributed by atoms with Crippen LogP contribution in [0.15, 0.2) is 11.7 Å². The third kappa shape index (κ3) is 3.97. The molecule has 1 N–H and O–H groups in total. The molecule has 0 aliphatic rings. The van der Waals surface area contributed by atoms with Crippen LogP contribution in [0.25, 0.3) is 0 Å². The van der Waals surface area contributed by atoms with Gasteiger partial charge < -0.3 is 10.2 Å². The highest BCUT2D eigenvalue weighted by atomic mass is 32.1. The van der Waals surface area contributed by atoms with Gasteiger partial charge in [-0.25, -0.2) is 0 Å². The zero-order chi connectivity index (χ0) is 11.3. The molecule has 0 aromatic carbocycles. The first-order chi connectivity index (χ1) is 7.11. The lowest BCUT2D eigenvalue weighted by Crippen LogP contribution is -2.27. The number of aromatic nitrogens is 1. The van der Waals surface area contributed by atoms with Gasteiger partial charge >= 0.3 is 0 Å². The van der Waals surface area contributed by atoms with E-state index >= 15 is 0 Å². The van der Waals surface area contributed by atoms with E-state index in [4.69, 9.17) is 0 Å². The Morgan fingerprint density at radius 3 is 2.93 bits per heavy atom. The van der Waals surface area contributed by atoms with Gasteiger partial charge in [-0.2, -0.15) is 0 Å². The van der Waals surface area contributed by atoms with Crippen molar-refractivity contribution in [3.05, 3.63) is 16.6 Å². The quantitative estimate of drug-likeness (QED) is 0.824. The molecule has 1 unspecified atom stereocenters. The molecule has 0 saturated heterocycles. The average molecular weight is 227 g/mol. The van der Waals surface area contributed by atoms with Crippen LogP contribution in [0.4, 0.5) is 0 Å². The largest absolute Gasteiger partial charge is 0.349 e. The monoisotopic (exact) mass is 227 g/mol. The first kappa shape index (κ1) is 12.1. The minimum Gasteiger partial charge on any atom is -0.349 e. The van der Waals surface area contributed by atoms with E-state index in [1.165, 1.54) is 4.88 Å². The molecule has 1 rings (SSSR count). The molecular weight excluding hydrogens is 210 g/mol. The van der Waals surface area contributed by atoms with E-state index in [2.05, 4.69) is 17.2 Å². The number of carbonyl (C=O) groups is 1. The minimum absolute atomic E-state index is 0.152. The maximum atomic E-state index is 11.3. The van der Waals surface area contributed by atoms with Crippen LogP contribution in [0.1, 0.15) is 24.3 Å². The number of hydrogen-bond acceptors (Lipinski definition) is 4. The van der Waals surface area contributed by atoms with Crippen molar-refractivity contribution in [1.82, 2.24) is 15.2 Å². The van der Waals surface area contributed by atoms with Gasteiger partial charge in [0, 0.05) is 44.2 Å². The number of hydrogen-bond donors (Lipinski definition) is 1. The Morgan fingerprint density at radius 1 is 1.67 bits per heavy atom. The van der Waals surface area contributed by atoms with Crippen molar-refractivity contribution >= 4 is 17.2 Å². The van der Waals surface area contributed by atoms with Crippen molar-refractivity contribution < 1.29 is 4.79 Å². The van der Waals surface area contributed by atoms with Crippen LogP contribution in [0.3, 0.4) is 0 Å². The summed E-state index contributed by atoms with van der Waals surface area (Å²) in [4.78, 5) is 18.1. The molecule has 1 amide bonds. The van der Waals surface area contributed by atoms with Gasteiger partial charge in [-0.1, -0.05) is 0 Å². The molecule has 1 heterocycles. The second-order valence-corrected chi connectivity index (χ2v) is 4.54. The molecule has 0 radical (unpaired) electrons. The number of rotatable bonds is 5. The Kier molecular flexibility index (Phi) is 4.71. The summed E-state index contributed by atoms with van der Waals surface area (Å²) in [6.07, 6.45) is 2.40. The topological polar surface area (TPSA) is 45.2 Å². The normalized spacial score (nSPS) is 12.5. The van der Waals surface area contributed by atoms with Gasteiger partial charge in [0.25, 0.3) is 0 Å². The molecule has 1 atom stereocenters. The maximum Gasteiger partial charge on any atom is 0.223 e. The fourth-order valence-electron chi connectivity index (χ4n) is 1.16. The van der Waals surface area contributed by atoms with Gasteiger partial charge in [-0.3, -0.25) is 9.78 Å². The van der Waals surface area contributed by atoms with Crippen molar-refractivity contribution in [2.75, 3.05) is 20.6 Å². The molecule has 4 nitrogen and oxygen atoms in total. The lowest BCUT2D eigenvalue weighted by atomic mass is 10.3. The molecule has 0 aliphatic carbocycles. The number of nitrogens with one attached hydrogen (secondary N) is 1. The minimum atomic E-state index is 0.152. The Morgan fingerprint density at radius 2 is 2.40 bits per heavy atom. The molecule has 84 valence electrons. The van der Waals surface area contributed by atoms with Crippen LogP contribution < -0.4 is 5.32 Å². The van der Waals surface area contributed by atoms with Crippen molar-refractivity contribution in [3.63, 3.8) is 0 Å². The second kappa shape index (κ2) is 5.82. The van der Waals surface area contributed by atoms with Crippen molar-refractivity contribution in [2.24, 2.45) is 0 Å². The average Bonchev–Trinajstić information content (AvgIpc) is 2.70. The van der Waals surface area contributed by atoms with E-state index in [1.807, 2.05) is 11.7 Å². The smallest absolute Gasteiger partial charge is 0.223 e. The summed E-state index contributed by atoms with van der Waals surface area (Å²) in [7, 11) is 3.55. The molecule has 0 saturated carbocycles. The van der Waals surface area contributed by atoms with Crippen LogP contribution in [0.2, 0.25) is 0 Å². The Hall–Kier alpha value is -0.940. The Balaban J connectivity index is 2.24. The zero-order valence-electron chi connectivity index (χ0n) is 9.36. The Bertz CT molecular complexity index is 298. The van der Waals surface area contributed by atoms with Crippen LogP contribution in [-0.4, -0.2) is 36.4 Å². The van der Waals surface area contributed by atoms with E-state index < -0.39 is 0 Å². The molecule has 0 spiro atoms. The fourth-order valence-corrected chi connectivity index (χ4v) is 1.81. The highest BCUT2D eigenvalue weighted by molar-refractivity contribution is 7.09. The predicted molar refractivity (Wildman–Crippen MR) is 61.8 cm³/mol. The van der Waals surface area contributed by atoms with Gasteiger partial charge in [0.15, 0.2) is 0 Å². The van der Waals surface area contributed by atoms with E-state index in [1.54, 1.807) is 30.3 Å². The van der Waals surface area contributed by atoms with Gasteiger partial charge in [-0.05, 0) is 6.92 Å². The molecule has 5 heteroatoms. The maximum absolute atomic E-state index is 11.3. The lowest BCUT2D eigenvalue weighted by molar-refractivity contribution is -0.128. The third-order valence-corrected chi connectivity index (χ3v) is 3.12. The number of nitrogens with zero attached hydrogens (tertiary/aromatic N) is 2. The molecule has 15 heavy (non-hydrogen) atoms. The van der Waals surface area contributed by atoms with E-state index in [9.17, 15) is 4.79 Å². The van der Waals surface area contributed by atoms with E-state index in [0.717, 1.165) is 0 Å². The van der Waals surface area contributed by atoms with Crippen molar-refractivity contribution in [2.45, 2.75) is 19.4 Å². The summed E-state index contributed by atoms with van der Waals surface area (Å²) in [5.74, 6) is 0.152. The standard InChI is InChI=1S/C10H17N3OS/c1-8(9-6-11-7-15-9)12-5-4-10(14)13(2)3/h6-8,12H,4-5H2,1-3H3. The third-order valence-electron chi connectivity index (χ3n) is 2.17. The van der Waals surface area contributed by atoms with Gasteiger partial charge in [0.05, 0.1) is 5.51 Å². The predicted octanol–water partition coefficient (Wildman–Crippen LogP) is 1.27. The summed E-state index contributed by atoms with van der Waals surface area (Å²) in [6.45, 7) is 2.78. The number of thiazole rings is 1. The highest BCUT2D eigenvalue weighted by Gasteiger charge is 2.08. The van der Waals surface area contributed by atoms with Gasteiger partial charge in [0.1, 0.15) is 0 Å². The summed E-state index contributed by atoms with van der Waals surface area (Å²) in [6, 6.07) is 0.271. The lowest BCUT2D eigenvalue weighted by Gasteiger charge is -2.13. The summed E-state index contributed by atoms with van der Waals surface area (Å²) in [5, 5.41) is 3.29. The van der Waals surface area contributed by atoms with E-state index in [0.29, 0.717) is 13.0 Å². The summed E-state index contributed by atoms with van der Waals surface area (Å²) in [5.41, 5.74) is 1.82. The SMILES string of the molecule is CC(NCCC(=O)N(C)C)c1cncs1. The second-order valence-electron chi connectivity index (χ2n) is 3.62. The van der Waals surface area contributed by atoms with Crippen LogP contribution >= 0.6 is 11.3 Å². The van der Waals surface area contributed by atoms with Crippen LogP contribution in [0, 0.1) is 0 Å². The number of amides is 1. The summed E-state index contributed by atoms with van der Waals surface area (Å²) < 4.78 is 0. The van der Waals surface area contributed by atoms with E-state index in [-0.39, 0.29) is 11.9 Å². The molecule has 0 aliphatic heterocycles. The van der Waals surface area contributed by atoms with Gasteiger partial charge in [0.2, 0.25) is 5.91 Å². The fraction of sp³-hybridized carbons (Fsp3) is 0.600. The molecule has 0 bridgehead atoms. The molecule has 1 aromatic rings. The van der Waals surface area contributed by atoms with Gasteiger partial charge in [-0.15, -0.1) is 11.3 Å².